The van der Waals surface area contributed by atoms with Crippen molar-refractivity contribution in [2.45, 2.75) is 26.7 Å². The van der Waals surface area contributed by atoms with Crippen LogP contribution in [0.25, 0.3) is 0 Å². The number of halogens is 1. The molecule has 1 aromatic carbocycles. The van der Waals surface area contributed by atoms with Crippen LogP contribution in [0.4, 0.5) is 23.0 Å². The van der Waals surface area contributed by atoms with E-state index in [9.17, 15) is 10.1 Å². The Bertz CT molecular complexity index is 708. The molecule has 0 fully saturated rings. The first-order valence-corrected chi connectivity index (χ1v) is 7.67. The second-order valence-electron chi connectivity index (χ2n) is 5.05. The Morgan fingerprint density at radius 1 is 1.30 bits per heavy atom. The zero-order chi connectivity index (χ0) is 16.8. The number of nitrogens with zero attached hydrogens (tertiary/aromatic N) is 3. The van der Waals surface area contributed by atoms with Crippen LogP contribution in [0.3, 0.4) is 0 Å². The summed E-state index contributed by atoms with van der Waals surface area (Å²) in [5.74, 6) is 0.336. The van der Waals surface area contributed by atoms with Crippen molar-refractivity contribution in [3.05, 3.63) is 45.2 Å². The van der Waals surface area contributed by atoms with E-state index in [0.717, 1.165) is 18.4 Å². The quantitative estimate of drug-likeness (QED) is 0.445. The number of aromatic nitrogens is 2. The summed E-state index contributed by atoms with van der Waals surface area (Å²) in [4.78, 5) is 18.9. The predicted octanol–water partition coefficient (Wildman–Crippen LogP) is 4.30. The van der Waals surface area contributed by atoms with Gasteiger partial charge in [0, 0.05) is 17.3 Å². The second-order valence-corrected chi connectivity index (χ2v) is 5.45. The maximum atomic E-state index is 11.4. The molecule has 122 valence electrons. The van der Waals surface area contributed by atoms with Gasteiger partial charge in [0.15, 0.2) is 0 Å². The van der Waals surface area contributed by atoms with Crippen molar-refractivity contribution >= 4 is 34.6 Å². The van der Waals surface area contributed by atoms with E-state index in [1.807, 2.05) is 19.9 Å². The molecule has 0 aliphatic rings. The van der Waals surface area contributed by atoms with E-state index in [1.54, 1.807) is 12.1 Å². The van der Waals surface area contributed by atoms with E-state index < -0.39 is 4.92 Å². The number of benzene rings is 1. The molecule has 0 saturated carbocycles. The molecule has 0 amide bonds. The molecular weight excluding hydrogens is 318 g/mol. The normalized spacial score (nSPS) is 10.4. The fourth-order valence-corrected chi connectivity index (χ4v) is 2.14. The highest BCUT2D eigenvalue weighted by atomic mass is 35.5. The van der Waals surface area contributed by atoms with Gasteiger partial charge < -0.3 is 10.6 Å². The topological polar surface area (TPSA) is 93.0 Å². The number of aryl methyl sites for hydroxylation is 1. The molecule has 7 nitrogen and oxygen atoms in total. The Balaban J connectivity index is 2.31. The summed E-state index contributed by atoms with van der Waals surface area (Å²) in [6.45, 7) is 4.54. The number of hydrogen-bond donors (Lipinski definition) is 2. The molecule has 2 N–H and O–H groups in total. The van der Waals surface area contributed by atoms with Gasteiger partial charge in [0.2, 0.25) is 11.6 Å². The summed E-state index contributed by atoms with van der Waals surface area (Å²) >= 11 is 6.08. The minimum atomic E-state index is -0.494. The Morgan fingerprint density at radius 3 is 2.70 bits per heavy atom. The predicted molar refractivity (Wildman–Crippen MR) is 91.6 cm³/mol. The molecule has 8 heteroatoms. The van der Waals surface area contributed by atoms with Crippen LogP contribution in [0.15, 0.2) is 24.5 Å². The van der Waals surface area contributed by atoms with Gasteiger partial charge >= 0.3 is 5.69 Å². The molecule has 2 rings (SSSR count). The van der Waals surface area contributed by atoms with Crippen molar-refractivity contribution in [3.8, 4) is 0 Å². The minimum Gasteiger partial charge on any atom is -0.364 e. The molecule has 0 bridgehead atoms. The fourth-order valence-electron chi connectivity index (χ4n) is 1.96. The summed E-state index contributed by atoms with van der Waals surface area (Å²) in [5.41, 5.74) is 1.37. The van der Waals surface area contributed by atoms with Crippen molar-refractivity contribution < 1.29 is 4.92 Å². The van der Waals surface area contributed by atoms with Gasteiger partial charge in [-0.2, -0.15) is 0 Å². The molecule has 0 aliphatic heterocycles. The lowest BCUT2D eigenvalue weighted by Crippen LogP contribution is -2.09. The lowest BCUT2D eigenvalue weighted by molar-refractivity contribution is -0.383. The highest BCUT2D eigenvalue weighted by Crippen LogP contribution is 2.32. The largest absolute Gasteiger partial charge is 0.364 e. The van der Waals surface area contributed by atoms with Crippen LogP contribution >= 0.6 is 11.6 Å². The average Bonchev–Trinajstić information content (AvgIpc) is 2.51. The molecule has 2 aromatic rings. The van der Waals surface area contributed by atoms with Crippen LogP contribution < -0.4 is 10.6 Å². The minimum absolute atomic E-state index is 0.129. The van der Waals surface area contributed by atoms with Crippen molar-refractivity contribution in [2.75, 3.05) is 17.2 Å². The first-order valence-electron chi connectivity index (χ1n) is 7.29. The molecule has 0 radical (unpaired) electrons. The van der Waals surface area contributed by atoms with E-state index in [0.29, 0.717) is 17.3 Å². The molecule has 1 aromatic heterocycles. The maximum absolute atomic E-state index is 11.4. The van der Waals surface area contributed by atoms with Crippen LogP contribution in [-0.4, -0.2) is 21.4 Å². The van der Waals surface area contributed by atoms with Crippen LogP contribution in [0.1, 0.15) is 25.3 Å². The van der Waals surface area contributed by atoms with Crippen LogP contribution in [0, 0.1) is 17.0 Å². The Morgan fingerprint density at radius 2 is 2.04 bits per heavy atom. The molecule has 0 saturated heterocycles. The first kappa shape index (κ1) is 17.0. The standard InChI is InChI=1S/C15H18ClN5O2/c1-3-4-7-17-14-13(21(22)23)15(19-9-18-14)20-11-6-5-10(2)12(16)8-11/h5-6,8-9H,3-4,7H2,1-2H3,(H2,17,18,19,20). The van der Waals surface area contributed by atoms with Gasteiger partial charge in [-0.25, -0.2) is 9.97 Å². The molecule has 0 atom stereocenters. The van der Waals surface area contributed by atoms with Crippen LogP contribution in [0.2, 0.25) is 5.02 Å². The van der Waals surface area contributed by atoms with E-state index in [2.05, 4.69) is 20.6 Å². The third-order valence-electron chi connectivity index (χ3n) is 3.26. The highest BCUT2D eigenvalue weighted by Gasteiger charge is 2.22. The van der Waals surface area contributed by atoms with E-state index in [4.69, 9.17) is 11.6 Å². The Kier molecular flexibility index (Phi) is 5.70. The third-order valence-corrected chi connectivity index (χ3v) is 3.67. The van der Waals surface area contributed by atoms with E-state index in [1.165, 1.54) is 6.33 Å². The average molecular weight is 336 g/mol. The van der Waals surface area contributed by atoms with Gasteiger partial charge in [-0.3, -0.25) is 10.1 Å². The van der Waals surface area contributed by atoms with Gasteiger partial charge in [0.1, 0.15) is 6.33 Å². The van der Waals surface area contributed by atoms with Gasteiger partial charge in [-0.15, -0.1) is 0 Å². The number of hydrogen-bond acceptors (Lipinski definition) is 6. The Labute approximate surface area is 139 Å². The third kappa shape index (κ3) is 4.29. The summed E-state index contributed by atoms with van der Waals surface area (Å²) in [7, 11) is 0. The monoisotopic (exact) mass is 335 g/mol. The lowest BCUT2D eigenvalue weighted by Gasteiger charge is -2.10. The van der Waals surface area contributed by atoms with Crippen LogP contribution in [-0.2, 0) is 0 Å². The van der Waals surface area contributed by atoms with Crippen molar-refractivity contribution in [1.82, 2.24) is 9.97 Å². The fraction of sp³-hybridized carbons (Fsp3) is 0.333. The highest BCUT2D eigenvalue weighted by molar-refractivity contribution is 6.31. The van der Waals surface area contributed by atoms with Crippen molar-refractivity contribution in [1.29, 1.82) is 0 Å². The van der Waals surface area contributed by atoms with Gasteiger partial charge in [-0.1, -0.05) is 31.0 Å². The van der Waals surface area contributed by atoms with E-state index >= 15 is 0 Å². The SMILES string of the molecule is CCCCNc1ncnc(Nc2ccc(C)c(Cl)c2)c1[N+](=O)[O-]. The molecule has 0 unspecified atom stereocenters. The lowest BCUT2D eigenvalue weighted by atomic mass is 10.2. The Hall–Kier alpha value is -2.41. The van der Waals surface area contributed by atoms with Gasteiger partial charge in [0.25, 0.3) is 0 Å². The maximum Gasteiger partial charge on any atom is 0.353 e. The number of nitrogens with one attached hydrogen (secondary N) is 2. The molecule has 1 heterocycles. The van der Waals surface area contributed by atoms with Crippen molar-refractivity contribution in [2.24, 2.45) is 0 Å². The smallest absolute Gasteiger partial charge is 0.353 e. The molecule has 0 aliphatic carbocycles. The summed E-state index contributed by atoms with van der Waals surface area (Å²) in [6, 6.07) is 5.32. The molecule has 23 heavy (non-hydrogen) atoms. The first-order chi connectivity index (χ1) is 11.0. The summed E-state index contributed by atoms with van der Waals surface area (Å²) in [5, 5.41) is 17.9. The number of unbranched alkanes of at least 4 members (excludes halogenated alkanes) is 1. The van der Waals surface area contributed by atoms with Crippen molar-refractivity contribution in [3.63, 3.8) is 0 Å². The zero-order valence-electron chi connectivity index (χ0n) is 13.0. The summed E-state index contributed by atoms with van der Waals surface area (Å²) in [6.07, 6.45) is 3.18. The number of nitro groups is 1. The number of anilines is 3. The molecular formula is C15H18ClN5O2. The van der Waals surface area contributed by atoms with E-state index in [-0.39, 0.29) is 17.3 Å². The zero-order valence-corrected chi connectivity index (χ0v) is 13.7. The van der Waals surface area contributed by atoms with Gasteiger partial charge in [-0.05, 0) is 31.0 Å². The van der Waals surface area contributed by atoms with Gasteiger partial charge in [0.05, 0.1) is 4.92 Å². The second kappa shape index (κ2) is 7.73. The number of rotatable bonds is 7. The summed E-state index contributed by atoms with van der Waals surface area (Å²) < 4.78 is 0. The molecule has 0 spiro atoms. The van der Waals surface area contributed by atoms with Crippen LogP contribution in [0.5, 0.6) is 0 Å².